The summed E-state index contributed by atoms with van der Waals surface area (Å²) >= 11 is 11.2. The Kier molecular flexibility index (Phi) is 3.06. The highest BCUT2D eigenvalue weighted by molar-refractivity contribution is 6.35. The van der Waals surface area contributed by atoms with Gasteiger partial charge < -0.3 is 0 Å². The first-order valence-electron chi connectivity index (χ1n) is 3.18. The van der Waals surface area contributed by atoms with Gasteiger partial charge in [-0.25, -0.2) is 4.39 Å². The normalized spacial score (nSPS) is 9.92. The van der Waals surface area contributed by atoms with Crippen LogP contribution in [-0.4, -0.2) is 12.5 Å². The second-order valence-corrected chi connectivity index (χ2v) is 3.09. The van der Waals surface area contributed by atoms with Crippen LogP contribution in [0.5, 0.6) is 0 Å². The molecule has 0 saturated carbocycles. The summed E-state index contributed by atoms with van der Waals surface area (Å²) in [6.07, 6.45) is 0. The van der Waals surface area contributed by atoms with Crippen LogP contribution in [0.1, 0.15) is 10.4 Å². The molecule has 64 valence electrons. The van der Waals surface area contributed by atoms with Crippen LogP contribution >= 0.6 is 23.2 Å². The monoisotopic (exact) mass is 206 g/mol. The van der Waals surface area contributed by atoms with Gasteiger partial charge in [-0.2, -0.15) is 0 Å². The first-order chi connectivity index (χ1) is 5.63. The van der Waals surface area contributed by atoms with E-state index in [-0.39, 0.29) is 5.56 Å². The van der Waals surface area contributed by atoms with Gasteiger partial charge in [0, 0.05) is 15.6 Å². The van der Waals surface area contributed by atoms with Crippen molar-refractivity contribution in [2.24, 2.45) is 0 Å². The van der Waals surface area contributed by atoms with Gasteiger partial charge in [-0.05, 0) is 18.2 Å². The highest BCUT2D eigenvalue weighted by atomic mass is 35.5. The molecule has 0 heterocycles. The minimum absolute atomic E-state index is 0.204. The summed E-state index contributed by atoms with van der Waals surface area (Å²) in [4.78, 5) is 10.8. The molecule has 1 rings (SSSR count). The fourth-order valence-corrected chi connectivity index (χ4v) is 1.32. The van der Waals surface area contributed by atoms with Crippen LogP contribution in [0.25, 0.3) is 0 Å². The molecule has 0 amide bonds. The number of ketones is 1. The van der Waals surface area contributed by atoms with Crippen molar-refractivity contribution in [3.8, 4) is 0 Å². The maximum Gasteiger partial charge on any atom is 0.193 e. The molecule has 1 nitrogen and oxygen atoms in total. The Morgan fingerprint density at radius 3 is 2.17 bits per heavy atom. The van der Waals surface area contributed by atoms with Gasteiger partial charge in [0.25, 0.3) is 0 Å². The first kappa shape index (κ1) is 9.49. The minimum atomic E-state index is -1.03. The molecule has 0 radical (unpaired) electrons. The molecule has 0 aliphatic rings. The number of Topliss-reactive ketones (excluding diaryl/α,β-unsaturated/α-hetero) is 1. The molecule has 12 heavy (non-hydrogen) atoms. The third kappa shape index (κ3) is 2.19. The molecule has 0 atom stereocenters. The SMILES string of the molecule is O=C(CF)c1cc(Cl)cc(Cl)c1. The number of alkyl halides is 1. The van der Waals surface area contributed by atoms with E-state index in [9.17, 15) is 9.18 Å². The van der Waals surface area contributed by atoms with Crippen molar-refractivity contribution in [2.75, 3.05) is 6.67 Å². The standard InChI is InChI=1S/C8H5Cl2FO/c9-6-1-5(8(12)4-11)2-7(10)3-6/h1-3H,4H2. The van der Waals surface area contributed by atoms with E-state index < -0.39 is 12.5 Å². The van der Waals surface area contributed by atoms with Crippen LogP contribution in [0.4, 0.5) is 4.39 Å². The molecule has 1 aromatic rings. The minimum Gasteiger partial charge on any atom is -0.291 e. The van der Waals surface area contributed by atoms with Gasteiger partial charge in [0.1, 0.15) is 0 Å². The topological polar surface area (TPSA) is 17.1 Å². The summed E-state index contributed by atoms with van der Waals surface area (Å²) in [6.45, 7) is -1.03. The number of carbonyl (C=O) groups is 1. The van der Waals surface area contributed by atoms with Crippen molar-refractivity contribution in [1.29, 1.82) is 0 Å². The van der Waals surface area contributed by atoms with Crippen molar-refractivity contribution in [1.82, 2.24) is 0 Å². The molecule has 0 spiro atoms. The Hall–Kier alpha value is -0.600. The zero-order chi connectivity index (χ0) is 9.14. The van der Waals surface area contributed by atoms with Crippen LogP contribution in [0.15, 0.2) is 18.2 Å². The molecule has 0 unspecified atom stereocenters. The molecule has 0 fully saturated rings. The zero-order valence-corrected chi connectivity index (χ0v) is 7.49. The van der Waals surface area contributed by atoms with Gasteiger partial charge in [0.05, 0.1) is 0 Å². The first-order valence-corrected chi connectivity index (χ1v) is 3.94. The smallest absolute Gasteiger partial charge is 0.193 e. The molecule has 0 aliphatic carbocycles. The molecule has 0 aliphatic heterocycles. The lowest BCUT2D eigenvalue weighted by Gasteiger charge is -1.98. The van der Waals surface area contributed by atoms with E-state index in [0.717, 1.165) is 0 Å². The van der Waals surface area contributed by atoms with Gasteiger partial charge in [-0.15, -0.1) is 0 Å². The lowest BCUT2D eigenvalue weighted by Crippen LogP contribution is -2.00. The molecular formula is C8H5Cl2FO. The number of hydrogen-bond acceptors (Lipinski definition) is 1. The predicted octanol–water partition coefficient (Wildman–Crippen LogP) is 3.15. The quantitative estimate of drug-likeness (QED) is 0.680. The average Bonchev–Trinajstić information content (AvgIpc) is 2.01. The Balaban J connectivity index is 3.08. The number of carbonyl (C=O) groups excluding carboxylic acids is 1. The molecule has 0 bridgehead atoms. The number of hydrogen-bond donors (Lipinski definition) is 0. The third-order valence-electron chi connectivity index (χ3n) is 1.31. The van der Waals surface area contributed by atoms with Crippen molar-refractivity contribution < 1.29 is 9.18 Å². The fraction of sp³-hybridized carbons (Fsp3) is 0.125. The van der Waals surface area contributed by atoms with Crippen molar-refractivity contribution in [3.05, 3.63) is 33.8 Å². The van der Waals surface area contributed by atoms with Gasteiger partial charge >= 0.3 is 0 Å². The number of halogens is 3. The lowest BCUT2D eigenvalue weighted by molar-refractivity contribution is 0.0958. The summed E-state index contributed by atoms with van der Waals surface area (Å²) in [5, 5.41) is 0.665. The van der Waals surface area contributed by atoms with Crippen LogP contribution in [0, 0.1) is 0 Å². The van der Waals surface area contributed by atoms with E-state index in [1.807, 2.05) is 0 Å². The van der Waals surface area contributed by atoms with Crippen LogP contribution in [0.2, 0.25) is 10.0 Å². The number of benzene rings is 1. The molecule has 0 aromatic heterocycles. The van der Waals surface area contributed by atoms with Gasteiger partial charge in [-0.1, -0.05) is 23.2 Å². The maximum atomic E-state index is 11.9. The zero-order valence-electron chi connectivity index (χ0n) is 5.98. The lowest BCUT2D eigenvalue weighted by atomic mass is 10.1. The summed E-state index contributed by atoms with van der Waals surface area (Å²) in [6, 6.07) is 4.25. The molecule has 4 heteroatoms. The summed E-state index contributed by atoms with van der Waals surface area (Å²) < 4.78 is 11.9. The second kappa shape index (κ2) is 3.87. The van der Waals surface area contributed by atoms with Crippen molar-refractivity contribution in [2.45, 2.75) is 0 Å². The van der Waals surface area contributed by atoms with E-state index in [4.69, 9.17) is 23.2 Å². The van der Waals surface area contributed by atoms with E-state index in [1.54, 1.807) is 0 Å². The largest absolute Gasteiger partial charge is 0.291 e. The predicted molar refractivity (Wildman–Crippen MR) is 46.8 cm³/mol. The van der Waals surface area contributed by atoms with Gasteiger partial charge in [0.2, 0.25) is 0 Å². The molecular weight excluding hydrogens is 202 g/mol. The Morgan fingerprint density at radius 1 is 1.25 bits per heavy atom. The summed E-state index contributed by atoms with van der Waals surface area (Å²) in [5.74, 6) is -0.612. The summed E-state index contributed by atoms with van der Waals surface area (Å²) in [7, 11) is 0. The maximum absolute atomic E-state index is 11.9. The third-order valence-corrected chi connectivity index (χ3v) is 1.74. The van der Waals surface area contributed by atoms with E-state index in [1.165, 1.54) is 18.2 Å². The van der Waals surface area contributed by atoms with Crippen LogP contribution in [0.3, 0.4) is 0 Å². The van der Waals surface area contributed by atoms with E-state index in [2.05, 4.69) is 0 Å². The van der Waals surface area contributed by atoms with E-state index >= 15 is 0 Å². The van der Waals surface area contributed by atoms with Gasteiger partial charge in [-0.3, -0.25) is 4.79 Å². The second-order valence-electron chi connectivity index (χ2n) is 2.21. The van der Waals surface area contributed by atoms with E-state index in [0.29, 0.717) is 10.0 Å². The molecule has 1 aromatic carbocycles. The van der Waals surface area contributed by atoms with Crippen LogP contribution < -0.4 is 0 Å². The van der Waals surface area contributed by atoms with Crippen molar-refractivity contribution in [3.63, 3.8) is 0 Å². The Bertz CT molecular complexity index is 292. The van der Waals surface area contributed by atoms with Crippen LogP contribution in [-0.2, 0) is 0 Å². The molecule has 0 saturated heterocycles. The fourth-order valence-electron chi connectivity index (χ4n) is 0.792. The van der Waals surface area contributed by atoms with Crippen molar-refractivity contribution >= 4 is 29.0 Å². The average molecular weight is 207 g/mol. The molecule has 0 N–H and O–H groups in total. The Morgan fingerprint density at radius 2 is 1.75 bits per heavy atom. The highest BCUT2D eigenvalue weighted by Gasteiger charge is 2.06. The van der Waals surface area contributed by atoms with Gasteiger partial charge in [0.15, 0.2) is 12.5 Å². The highest BCUT2D eigenvalue weighted by Crippen LogP contribution is 2.19. The number of rotatable bonds is 2. The Labute approximate surface area is 79.1 Å². The summed E-state index contributed by atoms with van der Waals surface area (Å²) in [5.41, 5.74) is 0.204.